The van der Waals surface area contributed by atoms with E-state index in [0.29, 0.717) is 10.6 Å². The zero-order chi connectivity index (χ0) is 14.9. The predicted molar refractivity (Wildman–Crippen MR) is 63.8 cm³/mol. The van der Waals surface area contributed by atoms with E-state index in [1.54, 1.807) is 6.92 Å². The number of benzene rings is 1. The molecule has 8 heteroatoms. The van der Waals surface area contributed by atoms with Crippen LogP contribution < -0.4 is 0 Å². The maximum Gasteiger partial charge on any atom is 0.417 e. The number of halogens is 3. The lowest BCUT2D eigenvalue weighted by Gasteiger charge is -2.10. The van der Waals surface area contributed by atoms with E-state index in [4.69, 9.17) is 9.52 Å². The summed E-state index contributed by atoms with van der Waals surface area (Å²) < 4.78 is 43.1. The minimum absolute atomic E-state index is 0.235. The van der Waals surface area contributed by atoms with Gasteiger partial charge in [0, 0.05) is 4.90 Å². The van der Waals surface area contributed by atoms with Crippen LogP contribution in [0.1, 0.15) is 21.6 Å². The van der Waals surface area contributed by atoms with Crippen molar-refractivity contribution in [2.75, 3.05) is 0 Å². The highest BCUT2D eigenvalue weighted by Crippen LogP contribution is 2.35. The SMILES string of the molecule is Cc1coc(Sc2ccc(C(F)(F)F)c(C(=O)O)c2)n1. The van der Waals surface area contributed by atoms with Gasteiger partial charge in [0.1, 0.15) is 6.26 Å². The fraction of sp³-hybridized carbons (Fsp3) is 0.167. The first-order valence-corrected chi connectivity index (χ1v) is 6.13. The molecule has 1 N–H and O–H groups in total. The summed E-state index contributed by atoms with van der Waals surface area (Å²) in [7, 11) is 0. The van der Waals surface area contributed by atoms with Crippen molar-refractivity contribution < 1.29 is 27.5 Å². The van der Waals surface area contributed by atoms with Crippen LogP contribution in [0.15, 0.2) is 39.0 Å². The highest BCUT2D eigenvalue weighted by Gasteiger charge is 2.35. The van der Waals surface area contributed by atoms with Crippen LogP contribution >= 0.6 is 11.8 Å². The molecule has 0 aliphatic carbocycles. The van der Waals surface area contributed by atoms with Crippen molar-refractivity contribution in [3.8, 4) is 0 Å². The number of carbonyl (C=O) groups is 1. The molecule has 0 saturated heterocycles. The lowest BCUT2D eigenvalue weighted by Crippen LogP contribution is -2.12. The monoisotopic (exact) mass is 303 g/mol. The van der Waals surface area contributed by atoms with Gasteiger partial charge in [-0.25, -0.2) is 9.78 Å². The van der Waals surface area contributed by atoms with Crippen molar-refractivity contribution in [1.29, 1.82) is 0 Å². The van der Waals surface area contributed by atoms with Gasteiger partial charge in [-0.1, -0.05) is 0 Å². The van der Waals surface area contributed by atoms with E-state index in [-0.39, 0.29) is 5.22 Å². The Labute approximate surface area is 115 Å². The van der Waals surface area contributed by atoms with Crippen LogP contribution in [0.4, 0.5) is 13.2 Å². The molecule has 0 bridgehead atoms. The maximum absolute atomic E-state index is 12.7. The van der Waals surface area contributed by atoms with Crippen LogP contribution in [-0.4, -0.2) is 16.1 Å². The number of hydrogen-bond donors (Lipinski definition) is 1. The quantitative estimate of drug-likeness (QED) is 0.933. The van der Waals surface area contributed by atoms with E-state index in [2.05, 4.69) is 4.98 Å². The summed E-state index contributed by atoms with van der Waals surface area (Å²) in [6.45, 7) is 1.70. The molecule has 0 saturated carbocycles. The minimum atomic E-state index is -4.71. The molecule has 0 spiro atoms. The second-order valence-electron chi connectivity index (χ2n) is 3.87. The standard InChI is InChI=1S/C12H8F3NO3S/c1-6-5-19-11(16-6)20-7-2-3-9(12(13,14)15)8(4-7)10(17)18/h2-5H,1H3,(H,17,18). The number of hydrogen-bond acceptors (Lipinski definition) is 4. The van der Waals surface area contributed by atoms with Gasteiger partial charge in [-0.05, 0) is 36.9 Å². The molecule has 4 nitrogen and oxygen atoms in total. The lowest BCUT2D eigenvalue weighted by atomic mass is 10.1. The number of nitrogens with zero attached hydrogens (tertiary/aromatic N) is 1. The second kappa shape index (κ2) is 5.20. The number of aromatic nitrogens is 1. The van der Waals surface area contributed by atoms with E-state index >= 15 is 0 Å². The topological polar surface area (TPSA) is 63.3 Å². The number of aryl methyl sites for hydroxylation is 1. The summed E-state index contributed by atoms with van der Waals surface area (Å²) >= 11 is 0.951. The molecule has 0 aliphatic heterocycles. The maximum atomic E-state index is 12.7. The van der Waals surface area contributed by atoms with Gasteiger partial charge in [-0.15, -0.1) is 0 Å². The smallest absolute Gasteiger partial charge is 0.417 e. The van der Waals surface area contributed by atoms with E-state index in [1.807, 2.05) is 0 Å². The van der Waals surface area contributed by atoms with Gasteiger partial charge in [0.25, 0.3) is 5.22 Å². The summed E-state index contributed by atoms with van der Waals surface area (Å²) in [5.41, 5.74) is -1.36. The lowest BCUT2D eigenvalue weighted by molar-refractivity contribution is -0.138. The Hall–Kier alpha value is -1.96. The number of rotatable bonds is 3. The normalized spacial score (nSPS) is 11.6. The minimum Gasteiger partial charge on any atom is -0.478 e. The molecule has 0 aliphatic rings. The summed E-state index contributed by atoms with van der Waals surface area (Å²) in [4.78, 5) is 15.2. The third kappa shape index (κ3) is 3.13. The first kappa shape index (κ1) is 14.4. The van der Waals surface area contributed by atoms with Crippen LogP contribution in [-0.2, 0) is 6.18 Å². The van der Waals surface area contributed by atoms with Crippen LogP contribution in [0.2, 0.25) is 0 Å². The molecule has 0 atom stereocenters. The molecule has 20 heavy (non-hydrogen) atoms. The Morgan fingerprint density at radius 1 is 1.40 bits per heavy atom. The number of alkyl halides is 3. The van der Waals surface area contributed by atoms with Gasteiger partial charge in [0.05, 0.1) is 16.8 Å². The predicted octanol–water partition coefficient (Wildman–Crippen LogP) is 3.85. The van der Waals surface area contributed by atoms with E-state index < -0.39 is 23.3 Å². The molecule has 0 radical (unpaired) electrons. The highest BCUT2D eigenvalue weighted by atomic mass is 32.2. The summed E-state index contributed by atoms with van der Waals surface area (Å²) in [6.07, 6.45) is -3.32. The van der Waals surface area contributed by atoms with Crippen molar-refractivity contribution >= 4 is 17.7 Å². The third-order valence-corrected chi connectivity index (χ3v) is 3.18. The van der Waals surface area contributed by atoms with Crippen molar-refractivity contribution in [2.45, 2.75) is 23.2 Å². The Morgan fingerprint density at radius 3 is 2.60 bits per heavy atom. The molecule has 1 heterocycles. The average molecular weight is 303 g/mol. The van der Waals surface area contributed by atoms with E-state index in [0.717, 1.165) is 23.9 Å². The first-order chi connectivity index (χ1) is 9.27. The Balaban J connectivity index is 2.38. The fourth-order valence-electron chi connectivity index (χ4n) is 1.49. The summed E-state index contributed by atoms with van der Waals surface area (Å²) in [5, 5.41) is 9.11. The second-order valence-corrected chi connectivity index (χ2v) is 4.89. The molecular weight excluding hydrogens is 295 g/mol. The zero-order valence-corrected chi connectivity index (χ0v) is 10.9. The largest absolute Gasteiger partial charge is 0.478 e. The van der Waals surface area contributed by atoms with Crippen LogP contribution in [0.5, 0.6) is 0 Å². The van der Waals surface area contributed by atoms with Gasteiger partial charge in [-0.2, -0.15) is 13.2 Å². The zero-order valence-electron chi connectivity index (χ0n) is 10.1. The van der Waals surface area contributed by atoms with Gasteiger partial charge in [0.2, 0.25) is 0 Å². The van der Waals surface area contributed by atoms with Crippen LogP contribution in [0, 0.1) is 6.92 Å². The number of carboxylic acid groups (broad SMARTS) is 1. The first-order valence-electron chi connectivity index (χ1n) is 5.32. The Kier molecular flexibility index (Phi) is 3.76. The van der Waals surface area contributed by atoms with Crippen molar-refractivity contribution in [3.05, 3.63) is 41.3 Å². The molecule has 0 amide bonds. The van der Waals surface area contributed by atoms with Gasteiger partial charge < -0.3 is 9.52 Å². The average Bonchev–Trinajstić information content (AvgIpc) is 2.73. The van der Waals surface area contributed by atoms with Crippen molar-refractivity contribution in [1.82, 2.24) is 4.98 Å². The van der Waals surface area contributed by atoms with E-state index in [9.17, 15) is 18.0 Å². The number of aromatic carboxylic acids is 1. The summed E-state index contributed by atoms with van der Waals surface area (Å²) in [5.74, 6) is -1.64. The molecular formula is C12H8F3NO3S. The summed E-state index contributed by atoms with van der Waals surface area (Å²) in [6, 6.07) is 2.87. The molecule has 0 unspecified atom stereocenters. The molecule has 1 aromatic carbocycles. The fourth-order valence-corrected chi connectivity index (χ4v) is 2.29. The number of oxazole rings is 1. The van der Waals surface area contributed by atoms with Crippen molar-refractivity contribution in [3.63, 3.8) is 0 Å². The van der Waals surface area contributed by atoms with Crippen LogP contribution in [0.3, 0.4) is 0 Å². The molecule has 106 valence electrons. The molecule has 2 aromatic rings. The molecule has 2 rings (SSSR count). The molecule has 0 fully saturated rings. The van der Waals surface area contributed by atoms with Gasteiger partial charge in [0.15, 0.2) is 0 Å². The van der Waals surface area contributed by atoms with Gasteiger partial charge >= 0.3 is 12.1 Å². The van der Waals surface area contributed by atoms with Crippen molar-refractivity contribution in [2.24, 2.45) is 0 Å². The third-order valence-electron chi connectivity index (χ3n) is 2.33. The van der Waals surface area contributed by atoms with Gasteiger partial charge in [-0.3, -0.25) is 0 Å². The molecule has 1 aromatic heterocycles. The van der Waals surface area contributed by atoms with E-state index in [1.165, 1.54) is 12.3 Å². The highest BCUT2D eigenvalue weighted by molar-refractivity contribution is 7.99. The number of carboxylic acids is 1. The van der Waals surface area contributed by atoms with Crippen LogP contribution in [0.25, 0.3) is 0 Å². The Morgan fingerprint density at radius 2 is 2.10 bits per heavy atom. The Bertz CT molecular complexity index is 652.